The van der Waals surface area contributed by atoms with Crippen LogP contribution in [0.3, 0.4) is 0 Å². The van der Waals surface area contributed by atoms with Crippen LogP contribution in [0.1, 0.15) is 25.3 Å². The average molecular weight is 267 g/mol. The van der Waals surface area contributed by atoms with Gasteiger partial charge in [-0.25, -0.2) is 0 Å². The van der Waals surface area contributed by atoms with Crippen molar-refractivity contribution in [3.8, 4) is 0 Å². The van der Waals surface area contributed by atoms with Gasteiger partial charge in [-0.15, -0.1) is 0 Å². The molecule has 1 amide bonds. The molecule has 0 radical (unpaired) electrons. The van der Waals surface area contributed by atoms with Crippen LogP contribution in [0.15, 0.2) is 24.3 Å². The summed E-state index contributed by atoms with van der Waals surface area (Å²) in [5.74, 6) is 0.204. The van der Waals surface area contributed by atoms with Crippen molar-refractivity contribution in [1.29, 1.82) is 0 Å². The molecule has 0 aliphatic carbocycles. The topological polar surface area (TPSA) is 32.3 Å². The first kappa shape index (κ1) is 13.4. The predicted molar refractivity (Wildman–Crippen MR) is 73.6 cm³/mol. The molecule has 1 saturated heterocycles. The first-order valence-electron chi connectivity index (χ1n) is 6.47. The first-order chi connectivity index (χ1) is 8.70. The maximum atomic E-state index is 12.3. The van der Waals surface area contributed by atoms with E-state index in [1.807, 2.05) is 36.1 Å². The van der Waals surface area contributed by atoms with E-state index in [9.17, 15) is 4.79 Å². The summed E-state index contributed by atoms with van der Waals surface area (Å²) < 4.78 is 0. The molecule has 98 valence electrons. The molecule has 0 bridgehead atoms. The second-order valence-electron chi connectivity index (χ2n) is 4.63. The van der Waals surface area contributed by atoms with Crippen molar-refractivity contribution in [2.75, 3.05) is 13.1 Å². The normalized spacial score (nSPS) is 18.9. The van der Waals surface area contributed by atoms with Gasteiger partial charge in [0, 0.05) is 18.1 Å². The van der Waals surface area contributed by atoms with Gasteiger partial charge in [0.2, 0.25) is 5.91 Å². The number of hydrogen-bond acceptors (Lipinski definition) is 2. The number of carbonyl (C=O) groups excluding carboxylic acids is 1. The maximum absolute atomic E-state index is 12.3. The Hall–Kier alpha value is -1.06. The third-order valence-electron chi connectivity index (χ3n) is 3.31. The standard InChI is InChI=1S/C14H19ClN2O/c1-2-17(14(18)13-7-4-8-16-13)10-11-5-3-6-12(15)9-11/h3,5-6,9,13,16H,2,4,7-8,10H2,1H3. The summed E-state index contributed by atoms with van der Waals surface area (Å²) in [4.78, 5) is 14.2. The molecule has 4 heteroatoms. The number of carbonyl (C=O) groups is 1. The van der Waals surface area contributed by atoms with Gasteiger partial charge in [0.05, 0.1) is 6.04 Å². The fraction of sp³-hybridized carbons (Fsp3) is 0.500. The summed E-state index contributed by atoms with van der Waals surface area (Å²) >= 11 is 5.96. The highest BCUT2D eigenvalue weighted by atomic mass is 35.5. The van der Waals surface area contributed by atoms with Gasteiger partial charge < -0.3 is 10.2 Å². The minimum absolute atomic E-state index is 0.00383. The van der Waals surface area contributed by atoms with Crippen molar-refractivity contribution in [3.63, 3.8) is 0 Å². The largest absolute Gasteiger partial charge is 0.337 e. The number of amides is 1. The number of nitrogens with zero attached hydrogens (tertiary/aromatic N) is 1. The maximum Gasteiger partial charge on any atom is 0.239 e. The minimum Gasteiger partial charge on any atom is -0.337 e. The number of rotatable bonds is 4. The molecule has 1 fully saturated rings. The molecule has 1 aliphatic rings. The highest BCUT2D eigenvalue weighted by Crippen LogP contribution is 2.15. The fourth-order valence-corrected chi connectivity index (χ4v) is 2.53. The second kappa shape index (κ2) is 6.21. The van der Waals surface area contributed by atoms with Crippen LogP contribution in [-0.2, 0) is 11.3 Å². The van der Waals surface area contributed by atoms with Crippen LogP contribution in [0.2, 0.25) is 5.02 Å². The van der Waals surface area contributed by atoms with Crippen LogP contribution in [0.25, 0.3) is 0 Å². The lowest BCUT2D eigenvalue weighted by atomic mass is 10.1. The molecule has 1 heterocycles. The van der Waals surface area contributed by atoms with Gasteiger partial charge in [0.15, 0.2) is 0 Å². The Morgan fingerprint density at radius 2 is 2.39 bits per heavy atom. The number of halogens is 1. The molecule has 1 aliphatic heterocycles. The third-order valence-corrected chi connectivity index (χ3v) is 3.55. The lowest BCUT2D eigenvalue weighted by Crippen LogP contribution is -2.43. The van der Waals surface area contributed by atoms with E-state index in [4.69, 9.17) is 11.6 Å². The van der Waals surface area contributed by atoms with E-state index < -0.39 is 0 Å². The zero-order valence-electron chi connectivity index (χ0n) is 10.7. The van der Waals surface area contributed by atoms with Crippen molar-refractivity contribution in [2.24, 2.45) is 0 Å². The van der Waals surface area contributed by atoms with Gasteiger partial charge in [-0.05, 0) is 44.0 Å². The summed E-state index contributed by atoms with van der Waals surface area (Å²) in [6.07, 6.45) is 2.04. The van der Waals surface area contributed by atoms with Crippen molar-refractivity contribution in [2.45, 2.75) is 32.4 Å². The van der Waals surface area contributed by atoms with Gasteiger partial charge in [-0.1, -0.05) is 23.7 Å². The Morgan fingerprint density at radius 3 is 3.00 bits per heavy atom. The monoisotopic (exact) mass is 266 g/mol. The summed E-state index contributed by atoms with van der Waals surface area (Å²) in [7, 11) is 0. The molecular weight excluding hydrogens is 248 g/mol. The van der Waals surface area contributed by atoms with Crippen LogP contribution in [0.4, 0.5) is 0 Å². The Morgan fingerprint density at radius 1 is 1.56 bits per heavy atom. The zero-order chi connectivity index (χ0) is 13.0. The summed E-state index contributed by atoms with van der Waals surface area (Å²) in [5, 5.41) is 3.97. The molecule has 1 N–H and O–H groups in total. The predicted octanol–water partition coefficient (Wildman–Crippen LogP) is 2.44. The van der Waals surface area contributed by atoms with Gasteiger partial charge in [0.25, 0.3) is 0 Å². The van der Waals surface area contributed by atoms with Crippen LogP contribution in [0, 0.1) is 0 Å². The Balaban J connectivity index is 2.02. The lowest BCUT2D eigenvalue weighted by Gasteiger charge is -2.24. The molecule has 1 unspecified atom stereocenters. The average Bonchev–Trinajstić information content (AvgIpc) is 2.89. The number of likely N-dealkylation sites (N-methyl/N-ethyl adjacent to an activating group) is 1. The van der Waals surface area contributed by atoms with Crippen LogP contribution in [0.5, 0.6) is 0 Å². The van der Waals surface area contributed by atoms with Crippen molar-refractivity contribution in [1.82, 2.24) is 10.2 Å². The highest BCUT2D eigenvalue weighted by molar-refractivity contribution is 6.30. The zero-order valence-corrected chi connectivity index (χ0v) is 11.4. The van der Waals surface area contributed by atoms with Crippen LogP contribution >= 0.6 is 11.6 Å². The molecule has 0 saturated carbocycles. The highest BCUT2D eigenvalue weighted by Gasteiger charge is 2.25. The van der Waals surface area contributed by atoms with Crippen LogP contribution < -0.4 is 5.32 Å². The van der Waals surface area contributed by atoms with Crippen molar-refractivity contribution < 1.29 is 4.79 Å². The molecular formula is C14H19ClN2O. The van der Waals surface area contributed by atoms with Crippen molar-refractivity contribution >= 4 is 17.5 Å². The van der Waals surface area contributed by atoms with E-state index in [1.165, 1.54) is 0 Å². The molecule has 0 spiro atoms. The molecule has 0 aromatic heterocycles. The molecule has 1 aromatic rings. The summed E-state index contributed by atoms with van der Waals surface area (Å²) in [6, 6.07) is 7.69. The number of hydrogen-bond donors (Lipinski definition) is 1. The molecule has 3 nitrogen and oxygen atoms in total. The Kier molecular flexibility index (Phi) is 4.61. The SMILES string of the molecule is CCN(Cc1cccc(Cl)c1)C(=O)C1CCCN1. The Bertz CT molecular complexity index is 416. The molecule has 18 heavy (non-hydrogen) atoms. The van der Waals surface area contributed by atoms with Gasteiger partial charge in [0.1, 0.15) is 0 Å². The van der Waals surface area contributed by atoms with E-state index >= 15 is 0 Å². The second-order valence-corrected chi connectivity index (χ2v) is 5.07. The van der Waals surface area contributed by atoms with Gasteiger partial charge >= 0.3 is 0 Å². The summed E-state index contributed by atoms with van der Waals surface area (Å²) in [6.45, 7) is 4.32. The van der Waals surface area contributed by atoms with E-state index in [-0.39, 0.29) is 11.9 Å². The van der Waals surface area contributed by atoms with E-state index in [0.717, 1.165) is 36.5 Å². The summed E-state index contributed by atoms with van der Waals surface area (Å²) in [5.41, 5.74) is 1.08. The molecule has 2 rings (SSSR count). The minimum atomic E-state index is 0.00383. The van der Waals surface area contributed by atoms with Gasteiger partial charge in [-0.2, -0.15) is 0 Å². The quantitative estimate of drug-likeness (QED) is 0.908. The van der Waals surface area contributed by atoms with Crippen molar-refractivity contribution in [3.05, 3.63) is 34.9 Å². The third kappa shape index (κ3) is 3.24. The van der Waals surface area contributed by atoms with Gasteiger partial charge in [-0.3, -0.25) is 4.79 Å². The lowest BCUT2D eigenvalue weighted by molar-refractivity contribution is -0.133. The Labute approximate surface area is 113 Å². The van der Waals surface area contributed by atoms with E-state index in [1.54, 1.807) is 0 Å². The number of nitrogens with one attached hydrogen (secondary N) is 1. The molecule has 1 atom stereocenters. The van der Waals surface area contributed by atoms with E-state index in [0.29, 0.717) is 6.54 Å². The fourth-order valence-electron chi connectivity index (χ4n) is 2.32. The first-order valence-corrected chi connectivity index (χ1v) is 6.85. The van der Waals surface area contributed by atoms with E-state index in [2.05, 4.69) is 5.32 Å². The van der Waals surface area contributed by atoms with Crippen LogP contribution in [-0.4, -0.2) is 29.9 Å². The number of benzene rings is 1. The smallest absolute Gasteiger partial charge is 0.239 e. The molecule has 1 aromatic carbocycles.